The highest BCUT2D eigenvalue weighted by atomic mass is 16.5. The van der Waals surface area contributed by atoms with Crippen LogP contribution in [0.25, 0.3) is 0 Å². The summed E-state index contributed by atoms with van der Waals surface area (Å²) in [5.41, 5.74) is 1.41. The maximum Gasteiger partial charge on any atom is 0.122 e. The van der Waals surface area contributed by atoms with E-state index in [2.05, 4.69) is 43.4 Å². The van der Waals surface area contributed by atoms with Crippen LogP contribution in [0.5, 0.6) is 5.75 Å². The Morgan fingerprint density at radius 3 is 2.70 bits per heavy atom. The Labute approximate surface area is 122 Å². The van der Waals surface area contributed by atoms with E-state index in [4.69, 9.17) is 4.74 Å². The second-order valence-electron chi connectivity index (χ2n) is 6.56. The van der Waals surface area contributed by atoms with Crippen LogP contribution in [0.15, 0.2) is 24.3 Å². The number of hydrogen-bond donors (Lipinski definition) is 1. The van der Waals surface area contributed by atoms with Gasteiger partial charge in [0.1, 0.15) is 5.75 Å². The molecular formula is C18H27NO. The molecule has 1 saturated carbocycles. The molecule has 110 valence electrons. The average Bonchev–Trinajstić information content (AvgIpc) is 2.90. The SMILES string of the molecule is CCNC(C1CCC(C)CC1)C1COc2ccccc21. The van der Waals surface area contributed by atoms with Gasteiger partial charge in [-0.05, 0) is 37.3 Å². The van der Waals surface area contributed by atoms with Crippen molar-refractivity contribution in [3.05, 3.63) is 29.8 Å². The number of fused-ring (bicyclic) bond motifs is 1. The lowest BCUT2D eigenvalue weighted by atomic mass is 9.74. The van der Waals surface area contributed by atoms with Crippen molar-refractivity contribution in [3.8, 4) is 5.75 Å². The summed E-state index contributed by atoms with van der Waals surface area (Å²) in [6, 6.07) is 9.17. The van der Waals surface area contributed by atoms with Crippen LogP contribution in [0, 0.1) is 11.8 Å². The summed E-state index contributed by atoms with van der Waals surface area (Å²) in [5, 5.41) is 3.77. The van der Waals surface area contributed by atoms with Crippen molar-refractivity contribution in [2.75, 3.05) is 13.2 Å². The molecule has 1 aliphatic carbocycles. The first kappa shape index (κ1) is 13.9. The molecule has 20 heavy (non-hydrogen) atoms. The van der Waals surface area contributed by atoms with Crippen molar-refractivity contribution >= 4 is 0 Å². The smallest absolute Gasteiger partial charge is 0.122 e. The highest BCUT2D eigenvalue weighted by molar-refractivity contribution is 5.40. The number of para-hydroxylation sites is 1. The van der Waals surface area contributed by atoms with Crippen molar-refractivity contribution in [1.29, 1.82) is 0 Å². The molecule has 1 N–H and O–H groups in total. The molecule has 1 aromatic carbocycles. The molecule has 0 bridgehead atoms. The molecule has 1 heterocycles. The van der Waals surface area contributed by atoms with Gasteiger partial charge in [0.05, 0.1) is 6.61 Å². The van der Waals surface area contributed by atoms with Gasteiger partial charge < -0.3 is 10.1 Å². The van der Waals surface area contributed by atoms with E-state index in [1.807, 2.05) is 0 Å². The summed E-state index contributed by atoms with van der Waals surface area (Å²) in [7, 11) is 0. The van der Waals surface area contributed by atoms with E-state index < -0.39 is 0 Å². The van der Waals surface area contributed by atoms with Gasteiger partial charge in [-0.2, -0.15) is 0 Å². The molecule has 1 aromatic rings. The van der Waals surface area contributed by atoms with Gasteiger partial charge in [0.25, 0.3) is 0 Å². The first-order chi connectivity index (χ1) is 9.79. The van der Waals surface area contributed by atoms with Crippen molar-refractivity contribution in [1.82, 2.24) is 5.32 Å². The van der Waals surface area contributed by atoms with Crippen LogP contribution in [0.2, 0.25) is 0 Å². The van der Waals surface area contributed by atoms with Crippen LogP contribution >= 0.6 is 0 Å². The molecule has 1 fully saturated rings. The van der Waals surface area contributed by atoms with E-state index in [1.165, 1.54) is 31.2 Å². The Kier molecular flexibility index (Phi) is 4.30. The van der Waals surface area contributed by atoms with Gasteiger partial charge in [-0.3, -0.25) is 0 Å². The number of rotatable bonds is 4. The molecule has 2 unspecified atom stereocenters. The maximum absolute atomic E-state index is 5.91. The molecule has 0 radical (unpaired) electrons. The summed E-state index contributed by atoms with van der Waals surface area (Å²) < 4.78 is 5.91. The van der Waals surface area contributed by atoms with Crippen LogP contribution in [0.3, 0.4) is 0 Å². The van der Waals surface area contributed by atoms with Crippen molar-refractivity contribution < 1.29 is 4.74 Å². The van der Waals surface area contributed by atoms with Crippen LogP contribution in [0.1, 0.15) is 51.0 Å². The molecule has 0 amide bonds. The Hall–Kier alpha value is -1.02. The minimum absolute atomic E-state index is 0.532. The highest BCUT2D eigenvalue weighted by Crippen LogP contribution is 2.41. The van der Waals surface area contributed by atoms with Crippen molar-refractivity contribution in [3.63, 3.8) is 0 Å². The maximum atomic E-state index is 5.91. The lowest BCUT2D eigenvalue weighted by molar-refractivity contribution is 0.193. The first-order valence-electron chi connectivity index (χ1n) is 8.24. The topological polar surface area (TPSA) is 21.3 Å². The number of hydrogen-bond acceptors (Lipinski definition) is 2. The summed E-state index contributed by atoms with van der Waals surface area (Å²) in [6.45, 7) is 6.52. The van der Waals surface area contributed by atoms with Gasteiger partial charge in [-0.15, -0.1) is 0 Å². The van der Waals surface area contributed by atoms with E-state index in [0.29, 0.717) is 12.0 Å². The number of likely N-dealkylation sites (N-methyl/N-ethyl adjacent to an activating group) is 1. The Balaban J connectivity index is 1.78. The molecule has 0 aromatic heterocycles. The predicted octanol–water partition coefficient (Wildman–Crippen LogP) is 3.97. The zero-order chi connectivity index (χ0) is 13.9. The summed E-state index contributed by atoms with van der Waals surface area (Å²) in [4.78, 5) is 0. The van der Waals surface area contributed by atoms with Crippen LogP contribution in [-0.4, -0.2) is 19.2 Å². The monoisotopic (exact) mass is 273 g/mol. The Morgan fingerprint density at radius 1 is 1.20 bits per heavy atom. The molecular weight excluding hydrogens is 246 g/mol. The second-order valence-corrected chi connectivity index (χ2v) is 6.56. The highest BCUT2D eigenvalue weighted by Gasteiger charge is 2.36. The molecule has 2 atom stereocenters. The molecule has 2 nitrogen and oxygen atoms in total. The zero-order valence-corrected chi connectivity index (χ0v) is 12.8. The van der Waals surface area contributed by atoms with E-state index in [9.17, 15) is 0 Å². The van der Waals surface area contributed by atoms with Gasteiger partial charge in [0.15, 0.2) is 0 Å². The minimum Gasteiger partial charge on any atom is -0.493 e. The summed E-state index contributed by atoms with van der Waals surface area (Å²) in [6.07, 6.45) is 5.53. The molecule has 0 spiro atoms. The number of nitrogens with one attached hydrogen (secondary N) is 1. The standard InChI is InChI=1S/C18H27NO/c1-3-19-18(14-10-8-13(2)9-11-14)16-12-20-17-7-5-4-6-15(16)17/h4-7,13-14,16,18-19H,3,8-12H2,1-2H3. The molecule has 1 aliphatic heterocycles. The fourth-order valence-corrected chi connectivity index (χ4v) is 4.00. The van der Waals surface area contributed by atoms with Crippen molar-refractivity contribution in [2.45, 2.75) is 51.5 Å². The summed E-state index contributed by atoms with van der Waals surface area (Å²) in [5.74, 6) is 3.36. The van der Waals surface area contributed by atoms with Gasteiger partial charge in [0.2, 0.25) is 0 Å². The van der Waals surface area contributed by atoms with Gasteiger partial charge in [0, 0.05) is 17.5 Å². The van der Waals surface area contributed by atoms with Crippen LogP contribution in [-0.2, 0) is 0 Å². The summed E-state index contributed by atoms with van der Waals surface area (Å²) >= 11 is 0. The lowest BCUT2D eigenvalue weighted by Crippen LogP contribution is -2.43. The van der Waals surface area contributed by atoms with Crippen LogP contribution < -0.4 is 10.1 Å². The van der Waals surface area contributed by atoms with E-state index in [1.54, 1.807) is 0 Å². The number of benzene rings is 1. The Bertz CT molecular complexity index is 437. The quantitative estimate of drug-likeness (QED) is 0.896. The zero-order valence-electron chi connectivity index (χ0n) is 12.8. The van der Waals surface area contributed by atoms with E-state index >= 15 is 0 Å². The third-order valence-corrected chi connectivity index (χ3v) is 5.18. The van der Waals surface area contributed by atoms with Crippen molar-refractivity contribution in [2.24, 2.45) is 11.8 Å². The Morgan fingerprint density at radius 2 is 1.95 bits per heavy atom. The molecule has 2 aliphatic rings. The fraction of sp³-hybridized carbons (Fsp3) is 0.667. The van der Waals surface area contributed by atoms with Gasteiger partial charge in [-0.25, -0.2) is 0 Å². The number of ether oxygens (including phenoxy) is 1. The predicted molar refractivity (Wildman–Crippen MR) is 83.3 cm³/mol. The largest absolute Gasteiger partial charge is 0.493 e. The second kappa shape index (κ2) is 6.17. The van der Waals surface area contributed by atoms with E-state index in [0.717, 1.165) is 30.7 Å². The van der Waals surface area contributed by atoms with Gasteiger partial charge >= 0.3 is 0 Å². The third kappa shape index (κ3) is 2.71. The molecule has 2 heteroatoms. The van der Waals surface area contributed by atoms with Gasteiger partial charge in [-0.1, -0.05) is 44.9 Å². The minimum atomic E-state index is 0.532. The third-order valence-electron chi connectivity index (χ3n) is 5.18. The fourth-order valence-electron chi connectivity index (χ4n) is 4.00. The molecule has 3 rings (SSSR count). The normalized spacial score (nSPS) is 30.6. The lowest BCUT2D eigenvalue weighted by Gasteiger charge is -2.36. The van der Waals surface area contributed by atoms with Crippen LogP contribution in [0.4, 0.5) is 0 Å². The molecule has 0 saturated heterocycles. The average molecular weight is 273 g/mol. The first-order valence-corrected chi connectivity index (χ1v) is 8.24. The van der Waals surface area contributed by atoms with E-state index in [-0.39, 0.29) is 0 Å².